The van der Waals surface area contributed by atoms with Crippen LogP contribution in [0.1, 0.15) is 90.9 Å². The van der Waals surface area contributed by atoms with Crippen LogP contribution in [0.4, 0.5) is 0 Å². The summed E-state index contributed by atoms with van der Waals surface area (Å²) in [5, 5.41) is 0. The van der Waals surface area contributed by atoms with Crippen molar-refractivity contribution in [3.8, 4) is 0 Å². The first-order valence-electron chi connectivity index (χ1n) is 10.3. The summed E-state index contributed by atoms with van der Waals surface area (Å²) in [4.78, 5) is 0. The molecule has 0 saturated heterocycles. The van der Waals surface area contributed by atoms with E-state index in [1.54, 1.807) is 0 Å². The van der Waals surface area contributed by atoms with E-state index < -0.39 is 9.28 Å². The number of allylic oxidation sites excluding steroid dienone is 4. The summed E-state index contributed by atoms with van der Waals surface area (Å²) in [5.41, 5.74) is 0. The highest BCUT2D eigenvalue weighted by Crippen LogP contribution is 2.03. The highest BCUT2D eigenvalue weighted by molar-refractivity contribution is 6.42. The Hall–Kier alpha value is -0.383. The lowest BCUT2D eigenvalue weighted by Crippen LogP contribution is -2.19. The molecule has 0 rings (SSSR count). The van der Waals surface area contributed by atoms with Crippen molar-refractivity contribution < 1.29 is 8.85 Å². The molecular weight excluding hydrogens is 312 g/mol. The molecule has 0 aromatic heterocycles. The molecule has 0 unspecified atom stereocenters. The molecule has 0 aliphatic heterocycles. The van der Waals surface area contributed by atoms with Crippen LogP contribution < -0.4 is 0 Å². The molecule has 0 atom stereocenters. The summed E-state index contributed by atoms with van der Waals surface area (Å²) in [6.07, 6.45) is 24.2. The Morgan fingerprint density at radius 2 is 0.958 bits per heavy atom. The third-order valence-electron chi connectivity index (χ3n) is 4.02. The van der Waals surface area contributed by atoms with Crippen LogP contribution in [-0.2, 0) is 8.85 Å². The number of rotatable bonds is 18. The largest absolute Gasteiger partial charge is 0.397 e. The Morgan fingerprint density at radius 3 is 1.33 bits per heavy atom. The first-order valence-corrected chi connectivity index (χ1v) is 12.4. The van der Waals surface area contributed by atoms with Gasteiger partial charge in [-0.3, -0.25) is 0 Å². The molecule has 0 bridgehead atoms. The molecule has 2 nitrogen and oxygen atoms in total. The summed E-state index contributed by atoms with van der Waals surface area (Å²) in [5.74, 6) is 0. The molecule has 0 saturated carbocycles. The van der Waals surface area contributed by atoms with E-state index in [0.29, 0.717) is 0 Å². The topological polar surface area (TPSA) is 18.5 Å². The van der Waals surface area contributed by atoms with Gasteiger partial charge in [0.25, 0.3) is 0 Å². The summed E-state index contributed by atoms with van der Waals surface area (Å²) in [6, 6.07) is 0. The van der Waals surface area contributed by atoms with Gasteiger partial charge in [-0.15, -0.1) is 0 Å². The van der Waals surface area contributed by atoms with Crippen LogP contribution >= 0.6 is 0 Å². The van der Waals surface area contributed by atoms with Gasteiger partial charge in [0.15, 0.2) is 0 Å². The van der Waals surface area contributed by atoms with Crippen molar-refractivity contribution in [1.29, 1.82) is 0 Å². The van der Waals surface area contributed by atoms with Gasteiger partial charge in [-0.1, -0.05) is 63.8 Å². The molecule has 0 fully saturated rings. The summed E-state index contributed by atoms with van der Waals surface area (Å²) in [7, 11) is -1.40. The monoisotopic (exact) mass is 354 g/mol. The highest BCUT2D eigenvalue weighted by atomic mass is 28.3. The van der Waals surface area contributed by atoms with E-state index in [1.165, 1.54) is 51.4 Å². The molecular formula is C21H42O2Si. The van der Waals surface area contributed by atoms with Crippen LogP contribution in [-0.4, -0.2) is 22.5 Å². The minimum Gasteiger partial charge on any atom is -0.397 e. The second-order valence-electron chi connectivity index (χ2n) is 6.53. The van der Waals surface area contributed by atoms with Crippen LogP contribution in [0, 0.1) is 0 Å². The third-order valence-corrected chi connectivity index (χ3v) is 5.43. The molecule has 0 aliphatic carbocycles. The van der Waals surface area contributed by atoms with Gasteiger partial charge in [-0.2, -0.15) is 0 Å². The van der Waals surface area contributed by atoms with E-state index in [0.717, 1.165) is 38.9 Å². The van der Waals surface area contributed by atoms with Crippen molar-refractivity contribution in [1.82, 2.24) is 0 Å². The van der Waals surface area contributed by atoms with Crippen LogP contribution in [0.3, 0.4) is 0 Å². The molecule has 24 heavy (non-hydrogen) atoms. The Kier molecular flexibility index (Phi) is 20.3. The van der Waals surface area contributed by atoms with E-state index in [2.05, 4.69) is 44.7 Å². The molecule has 3 heteroatoms. The van der Waals surface area contributed by atoms with Gasteiger partial charge < -0.3 is 8.85 Å². The lowest BCUT2D eigenvalue weighted by Gasteiger charge is -2.11. The molecule has 0 aromatic carbocycles. The fraction of sp³-hybridized carbons (Fsp3) is 0.810. The normalized spacial score (nSPS) is 12.2. The van der Waals surface area contributed by atoms with Crippen LogP contribution in [0.5, 0.6) is 0 Å². The minimum absolute atomic E-state index is 0.851. The van der Waals surface area contributed by atoms with Gasteiger partial charge in [0, 0.05) is 13.2 Å². The maximum absolute atomic E-state index is 5.82. The Bertz CT molecular complexity index is 262. The first-order chi connectivity index (χ1) is 11.8. The van der Waals surface area contributed by atoms with Crippen LogP contribution in [0.15, 0.2) is 24.3 Å². The number of unbranched alkanes of at least 4 members (excludes halogenated alkanes) is 8. The first kappa shape index (κ1) is 23.6. The molecule has 0 amide bonds. The van der Waals surface area contributed by atoms with Crippen LogP contribution in [0.25, 0.3) is 0 Å². The average molecular weight is 355 g/mol. The highest BCUT2D eigenvalue weighted by Gasteiger charge is 2.04. The predicted octanol–water partition coefficient (Wildman–Crippen LogP) is 6.70. The van der Waals surface area contributed by atoms with Crippen LogP contribution in [0.2, 0.25) is 6.55 Å². The molecule has 0 radical (unpaired) electrons. The summed E-state index contributed by atoms with van der Waals surface area (Å²) >= 11 is 0. The number of hydrogen-bond donors (Lipinski definition) is 0. The zero-order chi connectivity index (χ0) is 17.7. The average Bonchev–Trinajstić information content (AvgIpc) is 2.59. The van der Waals surface area contributed by atoms with Crippen molar-refractivity contribution in [2.75, 3.05) is 13.2 Å². The maximum Gasteiger partial charge on any atom is 0.318 e. The second-order valence-corrected chi connectivity index (χ2v) is 8.33. The zero-order valence-electron chi connectivity index (χ0n) is 16.6. The third kappa shape index (κ3) is 19.7. The fourth-order valence-corrected chi connectivity index (χ4v) is 3.54. The quantitative estimate of drug-likeness (QED) is 0.155. The predicted molar refractivity (Wildman–Crippen MR) is 110 cm³/mol. The lowest BCUT2D eigenvalue weighted by atomic mass is 10.2. The smallest absolute Gasteiger partial charge is 0.318 e. The zero-order valence-corrected chi connectivity index (χ0v) is 17.8. The van der Waals surface area contributed by atoms with Gasteiger partial charge in [0.1, 0.15) is 0 Å². The van der Waals surface area contributed by atoms with Gasteiger partial charge >= 0.3 is 9.28 Å². The summed E-state index contributed by atoms with van der Waals surface area (Å²) < 4.78 is 11.6. The molecule has 0 heterocycles. The number of hydrogen-bond acceptors (Lipinski definition) is 2. The van der Waals surface area contributed by atoms with Crippen molar-refractivity contribution in [2.24, 2.45) is 0 Å². The van der Waals surface area contributed by atoms with Crippen molar-refractivity contribution in [3.63, 3.8) is 0 Å². The molecule has 142 valence electrons. The van der Waals surface area contributed by atoms with Gasteiger partial charge in [0.05, 0.1) is 0 Å². The second kappa shape index (κ2) is 20.7. The summed E-state index contributed by atoms with van der Waals surface area (Å²) in [6.45, 7) is 8.34. The maximum atomic E-state index is 5.82. The van der Waals surface area contributed by atoms with Gasteiger partial charge in [-0.05, 0) is 57.9 Å². The van der Waals surface area contributed by atoms with Crippen molar-refractivity contribution in [3.05, 3.63) is 24.3 Å². The van der Waals surface area contributed by atoms with E-state index in [9.17, 15) is 0 Å². The van der Waals surface area contributed by atoms with E-state index in [1.807, 2.05) is 0 Å². The molecule has 0 aliphatic rings. The Morgan fingerprint density at radius 1 is 0.583 bits per heavy atom. The standard InChI is InChI=1S/C21H42O2Si/c1-4-6-8-10-12-14-16-18-20-22-24(3)23-21-19-17-15-13-11-9-7-5-2/h12-15,24H,4-11,16-21H2,1-3H3/b14-12-,15-13-. The van der Waals surface area contributed by atoms with Gasteiger partial charge in [-0.25, -0.2) is 0 Å². The minimum atomic E-state index is -1.40. The fourth-order valence-electron chi connectivity index (χ4n) is 2.44. The Labute approximate surface area is 153 Å². The molecule has 0 aromatic rings. The van der Waals surface area contributed by atoms with E-state index in [4.69, 9.17) is 8.85 Å². The van der Waals surface area contributed by atoms with E-state index >= 15 is 0 Å². The Balaban J connectivity index is 3.27. The van der Waals surface area contributed by atoms with Crippen molar-refractivity contribution >= 4 is 9.28 Å². The lowest BCUT2D eigenvalue weighted by molar-refractivity contribution is 0.198. The van der Waals surface area contributed by atoms with E-state index in [-0.39, 0.29) is 0 Å². The molecule has 0 spiro atoms. The van der Waals surface area contributed by atoms with Gasteiger partial charge in [0.2, 0.25) is 0 Å². The SMILES string of the molecule is CCCCC/C=C\CCCO[SiH](C)OCCC/C=C\CCCCC. The molecule has 0 N–H and O–H groups in total. The van der Waals surface area contributed by atoms with Crippen molar-refractivity contribution in [2.45, 2.75) is 97.4 Å².